The first-order valence-electron chi connectivity index (χ1n) is 9.34. The van der Waals surface area contributed by atoms with E-state index in [0.717, 1.165) is 11.0 Å². The van der Waals surface area contributed by atoms with Crippen LogP contribution in [0.2, 0.25) is 0 Å². The van der Waals surface area contributed by atoms with Crippen LogP contribution in [0.4, 0.5) is 0 Å². The number of rotatable bonds is 7. The van der Waals surface area contributed by atoms with Crippen LogP contribution in [0.25, 0.3) is 11.0 Å². The molecule has 0 aliphatic carbocycles. The fraction of sp³-hybridized carbons (Fsp3) is 0.136. The monoisotopic (exact) mass is 424 g/mol. The minimum atomic E-state index is -3.72. The number of nitrogens with one attached hydrogen (secondary N) is 2. The molecule has 2 N–H and O–H groups in total. The quantitative estimate of drug-likeness (QED) is 0.467. The SMILES string of the molecule is C[C@H](NC(=O)c1ccc(S(=O)(=O)NCc2ccco2)cc1)c1cc2ccccc2o1. The van der Waals surface area contributed by atoms with Crippen molar-refractivity contribution in [1.29, 1.82) is 0 Å². The summed E-state index contributed by atoms with van der Waals surface area (Å²) in [6.07, 6.45) is 1.48. The molecule has 7 nitrogen and oxygen atoms in total. The fourth-order valence-corrected chi connectivity index (χ4v) is 4.01. The summed E-state index contributed by atoms with van der Waals surface area (Å²) in [5.74, 6) is 0.829. The van der Waals surface area contributed by atoms with Crippen LogP contribution in [0.5, 0.6) is 0 Å². The van der Waals surface area contributed by atoms with Gasteiger partial charge in [0.2, 0.25) is 10.0 Å². The Morgan fingerprint density at radius 2 is 1.80 bits per heavy atom. The number of para-hydroxylation sites is 1. The van der Waals surface area contributed by atoms with Crippen LogP contribution >= 0.6 is 0 Å². The molecular weight excluding hydrogens is 404 g/mol. The summed E-state index contributed by atoms with van der Waals surface area (Å²) in [4.78, 5) is 12.6. The van der Waals surface area contributed by atoms with Crippen LogP contribution in [0.1, 0.15) is 34.8 Å². The third-order valence-corrected chi connectivity index (χ3v) is 6.08. The maximum Gasteiger partial charge on any atom is 0.251 e. The standard InChI is InChI=1S/C22H20N2O5S/c1-15(21-13-17-5-2-3-7-20(17)29-21)24-22(25)16-8-10-19(11-9-16)30(26,27)23-14-18-6-4-12-28-18/h2-13,15,23H,14H2,1H3,(H,24,25)/t15-/m0/s1. The van der Waals surface area contributed by atoms with Crippen LogP contribution < -0.4 is 10.0 Å². The number of furan rings is 2. The van der Waals surface area contributed by atoms with Crippen molar-refractivity contribution in [1.82, 2.24) is 10.0 Å². The summed E-state index contributed by atoms with van der Waals surface area (Å²) in [5, 5.41) is 3.83. The molecule has 1 amide bonds. The van der Waals surface area contributed by atoms with Crippen LogP contribution in [0.3, 0.4) is 0 Å². The van der Waals surface area contributed by atoms with E-state index in [1.165, 1.54) is 30.5 Å². The van der Waals surface area contributed by atoms with Crippen molar-refractivity contribution in [3.8, 4) is 0 Å². The van der Waals surface area contributed by atoms with E-state index in [4.69, 9.17) is 8.83 Å². The van der Waals surface area contributed by atoms with Gasteiger partial charge in [-0.1, -0.05) is 18.2 Å². The first-order valence-corrected chi connectivity index (χ1v) is 10.8. The lowest BCUT2D eigenvalue weighted by molar-refractivity contribution is 0.0935. The van der Waals surface area contributed by atoms with Crippen LogP contribution in [-0.4, -0.2) is 14.3 Å². The Labute approximate surface area is 173 Å². The van der Waals surface area contributed by atoms with E-state index >= 15 is 0 Å². The molecule has 0 fully saturated rings. The Hall–Kier alpha value is -3.36. The lowest BCUT2D eigenvalue weighted by Crippen LogP contribution is -2.26. The highest BCUT2D eigenvalue weighted by Gasteiger charge is 2.18. The molecular formula is C22H20N2O5S. The highest BCUT2D eigenvalue weighted by Crippen LogP contribution is 2.24. The third kappa shape index (κ3) is 4.29. The Kier molecular flexibility index (Phi) is 5.43. The highest BCUT2D eigenvalue weighted by molar-refractivity contribution is 7.89. The third-order valence-electron chi connectivity index (χ3n) is 4.66. The molecule has 4 aromatic rings. The van der Waals surface area contributed by atoms with Crippen molar-refractivity contribution in [3.63, 3.8) is 0 Å². The van der Waals surface area contributed by atoms with Gasteiger partial charge in [0.1, 0.15) is 17.1 Å². The van der Waals surface area contributed by atoms with E-state index in [-0.39, 0.29) is 23.4 Å². The van der Waals surface area contributed by atoms with E-state index in [9.17, 15) is 13.2 Å². The first-order chi connectivity index (χ1) is 14.4. The minimum Gasteiger partial charge on any atom is -0.468 e. The number of carbonyl (C=O) groups excluding carboxylic acids is 1. The summed E-state index contributed by atoms with van der Waals surface area (Å²) in [6, 6.07) is 18.3. The molecule has 0 unspecified atom stereocenters. The van der Waals surface area contributed by atoms with Gasteiger partial charge in [0.25, 0.3) is 5.91 Å². The molecule has 2 heterocycles. The van der Waals surface area contributed by atoms with Gasteiger partial charge < -0.3 is 14.2 Å². The second-order valence-corrected chi connectivity index (χ2v) is 8.58. The lowest BCUT2D eigenvalue weighted by atomic mass is 10.1. The van der Waals surface area contributed by atoms with Gasteiger partial charge in [0.05, 0.1) is 23.7 Å². The summed E-state index contributed by atoms with van der Waals surface area (Å²) in [6.45, 7) is 1.87. The summed E-state index contributed by atoms with van der Waals surface area (Å²) < 4.78 is 38.1. The zero-order valence-electron chi connectivity index (χ0n) is 16.2. The number of amides is 1. The Morgan fingerprint density at radius 3 is 2.50 bits per heavy atom. The largest absolute Gasteiger partial charge is 0.468 e. The Bertz CT molecular complexity index is 1230. The van der Waals surface area contributed by atoms with Crippen LogP contribution in [0.15, 0.2) is 86.7 Å². The van der Waals surface area contributed by atoms with Crippen LogP contribution in [0, 0.1) is 0 Å². The van der Waals surface area contributed by atoms with E-state index in [2.05, 4.69) is 10.0 Å². The van der Waals surface area contributed by atoms with Crippen molar-refractivity contribution < 1.29 is 22.0 Å². The van der Waals surface area contributed by atoms with Crippen molar-refractivity contribution in [3.05, 3.63) is 90.1 Å². The molecule has 2 aromatic carbocycles. The number of sulfonamides is 1. The van der Waals surface area contributed by atoms with Gasteiger partial charge in [-0.2, -0.15) is 0 Å². The topological polar surface area (TPSA) is 102 Å². The van der Waals surface area contributed by atoms with Gasteiger partial charge >= 0.3 is 0 Å². The summed E-state index contributed by atoms with van der Waals surface area (Å²) in [5.41, 5.74) is 1.10. The van der Waals surface area contributed by atoms with Gasteiger partial charge in [-0.05, 0) is 55.5 Å². The predicted molar refractivity (Wildman–Crippen MR) is 111 cm³/mol. The molecule has 1 atom stereocenters. The maximum atomic E-state index is 12.6. The van der Waals surface area contributed by atoms with Crippen molar-refractivity contribution >= 4 is 26.9 Å². The van der Waals surface area contributed by atoms with Crippen molar-refractivity contribution in [2.75, 3.05) is 0 Å². The smallest absolute Gasteiger partial charge is 0.251 e. The molecule has 0 aliphatic heterocycles. The number of carbonyl (C=O) groups is 1. The molecule has 0 radical (unpaired) electrons. The number of fused-ring (bicyclic) bond motifs is 1. The van der Waals surface area contributed by atoms with Gasteiger partial charge in [0.15, 0.2) is 0 Å². The normalized spacial score (nSPS) is 12.7. The van der Waals surface area contributed by atoms with Crippen LogP contribution in [-0.2, 0) is 16.6 Å². The van der Waals surface area contributed by atoms with Gasteiger partial charge in [-0.3, -0.25) is 4.79 Å². The maximum absolute atomic E-state index is 12.6. The van der Waals surface area contributed by atoms with E-state index in [1.54, 1.807) is 12.1 Å². The molecule has 0 saturated heterocycles. The van der Waals surface area contributed by atoms with Gasteiger partial charge in [-0.25, -0.2) is 13.1 Å². The number of hydrogen-bond acceptors (Lipinski definition) is 5. The van der Waals surface area contributed by atoms with E-state index < -0.39 is 10.0 Å². The molecule has 154 valence electrons. The van der Waals surface area contributed by atoms with Gasteiger partial charge in [0, 0.05) is 10.9 Å². The molecule has 4 rings (SSSR count). The Balaban J connectivity index is 1.42. The lowest BCUT2D eigenvalue weighted by Gasteiger charge is -2.12. The second-order valence-electron chi connectivity index (χ2n) is 6.81. The zero-order chi connectivity index (χ0) is 21.1. The average Bonchev–Trinajstić information content (AvgIpc) is 3.42. The van der Waals surface area contributed by atoms with Crippen molar-refractivity contribution in [2.45, 2.75) is 24.4 Å². The number of benzene rings is 2. The molecule has 0 spiro atoms. The predicted octanol–water partition coefficient (Wildman–Crippen LogP) is 4.00. The highest BCUT2D eigenvalue weighted by atomic mass is 32.2. The number of hydrogen-bond donors (Lipinski definition) is 2. The molecule has 8 heteroatoms. The summed E-state index contributed by atoms with van der Waals surface area (Å²) in [7, 11) is -3.72. The van der Waals surface area contributed by atoms with E-state index in [0.29, 0.717) is 17.1 Å². The molecule has 30 heavy (non-hydrogen) atoms. The fourth-order valence-electron chi connectivity index (χ4n) is 3.02. The average molecular weight is 424 g/mol. The Morgan fingerprint density at radius 1 is 1.03 bits per heavy atom. The van der Waals surface area contributed by atoms with Crippen molar-refractivity contribution in [2.24, 2.45) is 0 Å². The zero-order valence-corrected chi connectivity index (χ0v) is 17.0. The minimum absolute atomic E-state index is 0.0482. The molecule has 0 aliphatic rings. The second kappa shape index (κ2) is 8.17. The van der Waals surface area contributed by atoms with Gasteiger partial charge in [-0.15, -0.1) is 0 Å². The molecule has 0 bridgehead atoms. The van der Waals surface area contributed by atoms with E-state index in [1.807, 2.05) is 37.3 Å². The molecule has 0 saturated carbocycles. The summed E-state index contributed by atoms with van der Waals surface area (Å²) >= 11 is 0. The first kappa shape index (κ1) is 19.9. The molecule has 2 aromatic heterocycles.